The Morgan fingerprint density at radius 1 is 1.57 bits per heavy atom. The SMILES string of the molecule is [N-]=[N+]=Nc1ccsc1C(=O)C(F)(F)F. The van der Waals surface area contributed by atoms with Crippen molar-refractivity contribution in [2.75, 3.05) is 0 Å². The van der Waals surface area contributed by atoms with Crippen LogP contribution in [0.3, 0.4) is 0 Å². The zero-order valence-corrected chi connectivity index (χ0v) is 7.26. The van der Waals surface area contributed by atoms with Crippen molar-refractivity contribution in [1.29, 1.82) is 0 Å². The topological polar surface area (TPSA) is 65.8 Å². The summed E-state index contributed by atoms with van der Waals surface area (Å²) in [7, 11) is 0. The molecule has 0 bridgehead atoms. The number of nitrogens with zero attached hydrogens (tertiary/aromatic N) is 3. The van der Waals surface area contributed by atoms with Crippen LogP contribution in [-0.2, 0) is 0 Å². The number of rotatable bonds is 2. The number of halogens is 3. The Morgan fingerprint density at radius 2 is 2.21 bits per heavy atom. The molecule has 8 heteroatoms. The highest BCUT2D eigenvalue weighted by Gasteiger charge is 2.40. The van der Waals surface area contributed by atoms with E-state index < -0.39 is 16.8 Å². The normalized spacial score (nSPS) is 10.8. The molecule has 0 aliphatic rings. The second kappa shape index (κ2) is 3.69. The third-order valence-corrected chi connectivity index (χ3v) is 2.16. The molecule has 0 radical (unpaired) electrons. The average molecular weight is 221 g/mol. The first-order valence-corrected chi connectivity index (χ1v) is 4.09. The smallest absolute Gasteiger partial charge is 0.283 e. The molecule has 1 aromatic rings. The molecule has 0 aliphatic heterocycles. The quantitative estimate of drug-likeness (QED) is 0.326. The predicted molar refractivity (Wildman–Crippen MR) is 43.5 cm³/mol. The number of hydrogen-bond donors (Lipinski definition) is 0. The van der Waals surface area contributed by atoms with Gasteiger partial charge in [-0.2, -0.15) is 13.2 Å². The van der Waals surface area contributed by atoms with Crippen LogP contribution in [0.25, 0.3) is 10.4 Å². The Bertz CT molecular complexity index is 405. The Morgan fingerprint density at radius 3 is 2.71 bits per heavy atom. The van der Waals surface area contributed by atoms with Crippen LogP contribution in [0.5, 0.6) is 0 Å². The van der Waals surface area contributed by atoms with Gasteiger partial charge in [0, 0.05) is 4.91 Å². The van der Waals surface area contributed by atoms with Gasteiger partial charge in [-0.3, -0.25) is 4.79 Å². The first-order chi connectivity index (χ1) is 6.46. The number of alkyl halides is 3. The number of thiophene rings is 1. The van der Waals surface area contributed by atoms with E-state index in [4.69, 9.17) is 5.53 Å². The largest absolute Gasteiger partial charge is 0.455 e. The average Bonchev–Trinajstić information content (AvgIpc) is 2.50. The molecule has 1 aromatic heterocycles. The van der Waals surface area contributed by atoms with Crippen LogP contribution in [0.15, 0.2) is 16.6 Å². The fourth-order valence-corrected chi connectivity index (χ4v) is 1.51. The lowest BCUT2D eigenvalue weighted by Gasteiger charge is -2.02. The van der Waals surface area contributed by atoms with Gasteiger partial charge >= 0.3 is 6.18 Å². The van der Waals surface area contributed by atoms with Crippen molar-refractivity contribution in [3.05, 3.63) is 26.8 Å². The van der Waals surface area contributed by atoms with Crippen molar-refractivity contribution in [2.24, 2.45) is 5.11 Å². The number of azide groups is 1. The van der Waals surface area contributed by atoms with Crippen molar-refractivity contribution in [1.82, 2.24) is 0 Å². The lowest BCUT2D eigenvalue weighted by Crippen LogP contribution is -2.21. The number of Topliss-reactive ketones (excluding diaryl/α,β-unsaturated/α-hetero) is 1. The Balaban J connectivity index is 3.14. The minimum atomic E-state index is -4.94. The van der Waals surface area contributed by atoms with E-state index in [1.54, 1.807) is 0 Å². The first kappa shape index (κ1) is 10.6. The summed E-state index contributed by atoms with van der Waals surface area (Å²) in [6.07, 6.45) is -4.94. The summed E-state index contributed by atoms with van der Waals surface area (Å²) in [5.41, 5.74) is 7.73. The van der Waals surface area contributed by atoms with Crippen LogP contribution in [-0.4, -0.2) is 12.0 Å². The maximum atomic E-state index is 12.0. The molecule has 74 valence electrons. The molecule has 0 aromatic carbocycles. The van der Waals surface area contributed by atoms with E-state index in [1.165, 1.54) is 5.38 Å². The molecule has 4 nitrogen and oxygen atoms in total. The lowest BCUT2D eigenvalue weighted by molar-refractivity contribution is -0.0882. The summed E-state index contributed by atoms with van der Waals surface area (Å²) in [6, 6.07) is 1.16. The fraction of sp³-hybridized carbons (Fsp3) is 0.167. The summed E-state index contributed by atoms with van der Waals surface area (Å²) in [5, 5.41) is 4.22. The van der Waals surface area contributed by atoms with Crippen molar-refractivity contribution in [3.63, 3.8) is 0 Å². The molecule has 0 N–H and O–H groups in total. The molecule has 0 spiro atoms. The monoisotopic (exact) mass is 221 g/mol. The summed E-state index contributed by atoms with van der Waals surface area (Å²) in [5.74, 6) is -1.99. The van der Waals surface area contributed by atoms with E-state index in [2.05, 4.69) is 10.0 Å². The molecular formula is C6H2F3N3OS. The number of carbonyl (C=O) groups is 1. The van der Waals surface area contributed by atoms with Crippen molar-refractivity contribution in [3.8, 4) is 0 Å². The van der Waals surface area contributed by atoms with Gasteiger partial charge in [-0.05, 0) is 17.0 Å². The summed E-state index contributed by atoms with van der Waals surface area (Å²) < 4.78 is 35.9. The van der Waals surface area contributed by atoms with Crippen LogP contribution in [0, 0.1) is 0 Å². The minimum absolute atomic E-state index is 0.292. The number of hydrogen-bond acceptors (Lipinski definition) is 3. The maximum Gasteiger partial charge on any atom is 0.455 e. The molecule has 0 saturated heterocycles. The van der Waals surface area contributed by atoms with E-state index in [1.807, 2.05) is 0 Å². The molecular weight excluding hydrogens is 219 g/mol. The molecule has 0 saturated carbocycles. The van der Waals surface area contributed by atoms with Crippen LogP contribution < -0.4 is 0 Å². The minimum Gasteiger partial charge on any atom is -0.283 e. The molecule has 0 fully saturated rings. The zero-order chi connectivity index (χ0) is 10.8. The summed E-state index contributed by atoms with van der Waals surface area (Å²) in [6.45, 7) is 0. The van der Waals surface area contributed by atoms with Crippen LogP contribution in [0.4, 0.5) is 18.9 Å². The number of ketones is 1. The van der Waals surface area contributed by atoms with E-state index in [0.717, 1.165) is 6.07 Å². The summed E-state index contributed by atoms with van der Waals surface area (Å²) in [4.78, 5) is 12.5. The fourth-order valence-electron chi connectivity index (χ4n) is 0.728. The molecule has 14 heavy (non-hydrogen) atoms. The molecule has 1 rings (SSSR count). The maximum absolute atomic E-state index is 12.0. The molecule has 0 amide bonds. The predicted octanol–water partition coefficient (Wildman–Crippen LogP) is 3.43. The first-order valence-electron chi connectivity index (χ1n) is 3.21. The lowest BCUT2D eigenvalue weighted by atomic mass is 10.3. The van der Waals surface area contributed by atoms with Gasteiger partial charge in [-0.1, -0.05) is 5.11 Å². The van der Waals surface area contributed by atoms with Crippen LogP contribution in [0.1, 0.15) is 9.67 Å². The highest BCUT2D eigenvalue weighted by Crippen LogP contribution is 2.31. The van der Waals surface area contributed by atoms with Gasteiger partial charge in [0.25, 0.3) is 5.78 Å². The Kier molecular flexibility index (Phi) is 2.78. The van der Waals surface area contributed by atoms with Gasteiger partial charge < -0.3 is 0 Å². The standard InChI is InChI=1S/C6H2F3N3OS/c7-6(8,9)5(13)4-3(11-12-10)1-2-14-4/h1-2H. The highest BCUT2D eigenvalue weighted by atomic mass is 32.1. The summed E-state index contributed by atoms with van der Waals surface area (Å²) >= 11 is 0.590. The second-order valence-electron chi connectivity index (χ2n) is 2.15. The van der Waals surface area contributed by atoms with Gasteiger partial charge in [-0.15, -0.1) is 11.3 Å². The van der Waals surface area contributed by atoms with Gasteiger partial charge in [0.15, 0.2) is 0 Å². The highest BCUT2D eigenvalue weighted by molar-refractivity contribution is 7.12. The number of carbonyl (C=O) groups excluding carboxylic acids is 1. The molecule has 1 heterocycles. The van der Waals surface area contributed by atoms with E-state index >= 15 is 0 Å². The van der Waals surface area contributed by atoms with Crippen molar-refractivity contribution < 1.29 is 18.0 Å². The van der Waals surface area contributed by atoms with Gasteiger partial charge in [-0.25, -0.2) is 0 Å². The molecule has 0 unspecified atom stereocenters. The zero-order valence-electron chi connectivity index (χ0n) is 6.45. The van der Waals surface area contributed by atoms with E-state index in [-0.39, 0.29) is 5.69 Å². The third-order valence-electron chi connectivity index (χ3n) is 1.26. The third kappa shape index (κ3) is 2.04. The van der Waals surface area contributed by atoms with E-state index in [9.17, 15) is 18.0 Å². The Hall–Kier alpha value is -1.53. The molecule has 0 aliphatic carbocycles. The van der Waals surface area contributed by atoms with Gasteiger partial charge in [0.05, 0.1) is 10.6 Å². The van der Waals surface area contributed by atoms with Crippen LogP contribution >= 0.6 is 11.3 Å². The Labute approximate surface area is 79.6 Å². The van der Waals surface area contributed by atoms with Crippen molar-refractivity contribution in [2.45, 2.75) is 6.18 Å². The van der Waals surface area contributed by atoms with E-state index in [0.29, 0.717) is 11.3 Å². The second-order valence-corrected chi connectivity index (χ2v) is 3.07. The molecule has 0 atom stereocenters. The van der Waals surface area contributed by atoms with Gasteiger partial charge in [0.1, 0.15) is 0 Å². The van der Waals surface area contributed by atoms with Gasteiger partial charge in [0.2, 0.25) is 0 Å². The van der Waals surface area contributed by atoms with Crippen LogP contribution in [0.2, 0.25) is 0 Å². The van der Waals surface area contributed by atoms with Crippen molar-refractivity contribution >= 4 is 22.8 Å².